The van der Waals surface area contributed by atoms with Gasteiger partial charge >= 0.3 is 6.18 Å². The van der Waals surface area contributed by atoms with Gasteiger partial charge in [-0.15, -0.1) is 0 Å². The molecule has 1 aliphatic rings. The summed E-state index contributed by atoms with van der Waals surface area (Å²) in [6.45, 7) is 1.15. The SMILES string of the molecule is FC(F)(F)c1cccc(N2CCC(Oc3ccn4nccc4n3)CC2)n1. The lowest BCUT2D eigenvalue weighted by atomic mass is 10.1. The summed E-state index contributed by atoms with van der Waals surface area (Å²) in [7, 11) is 0. The molecular formula is C17H16F3N5O. The number of hydrogen-bond donors (Lipinski definition) is 0. The van der Waals surface area contributed by atoms with Crippen LogP contribution in [0.15, 0.2) is 42.7 Å². The largest absolute Gasteiger partial charge is 0.474 e. The van der Waals surface area contributed by atoms with E-state index in [1.54, 1.807) is 35.1 Å². The Hall–Kier alpha value is -2.84. The van der Waals surface area contributed by atoms with Crippen molar-refractivity contribution in [3.63, 3.8) is 0 Å². The second-order valence-corrected chi connectivity index (χ2v) is 6.08. The van der Waals surface area contributed by atoms with Gasteiger partial charge in [-0.05, 0) is 12.1 Å². The quantitative estimate of drug-likeness (QED) is 0.715. The molecule has 0 amide bonds. The van der Waals surface area contributed by atoms with Gasteiger partial charge in [-0.3, -0.25) is 0 Å². The average Bonchev–Trinajstić information content (AvgIpc) is 3.10. The van der Waals surface area contributed by atoms with Gasteiger partial charge in [-0.1, -0.05) is 6.07 Å². The maximum atomic E-state index is 12.8. The standard InChI is InChI=1S/C17H16F3N5O/c18-17(19,20)13-2-1-3-14(22-13)24-9-5-12(6-10-24)26-16-7-11-25-15(23-16)4-8-21-25/h1-4,7-8,11-12H,5-6,9-10H2. The fourth-order valence-corrected chi connectivity index (χ4v) is 2.99. The van der Waals surface area contributed by atoms with Crippen LogP contribution >= 0.6 is 0 Å². The highest BCUT2D eigenvalue weighted by Gasteiger charge is 2.33. The molecule has 0 aromatic carbocycles. The summed E-state index contributed by atoms with van der Waals surface area (Å²) in [6.07, 6.45) is 0.338. The third-order valence-electron chi connectivity index (χ3n) is 4.31. The molecule has 1 saturated heterocycles. The minimum Gasteiger partial charge on any atom is -0.474 e. The van der Waals surface area contributed by atoms with Crippen LogP contribution in [0.4, 0.5) is 19.0 Å². The van der Waals surface area contributed by atoms with E-state index in [0.29, 0.717) is 43.3 Å². The van der Waals surface area contributed by atoms with Gasteiger partial charge in [-0.2, -0.15) is 23.3 Å². The normalized spacial score (nSPS) is 16.2. The predicted molar refractivity (Wildman–Crippen MR) is 88.1 cm³/mol. The van der Waals surface area contributed by atoms with Crippen molar-refractivity contribution >= 4 is 11.5 Å². The Morgan fingerprint density at radius 2 is 1.85 bits per heavy atom. The Balaban J connectivity index is 1.39. The highest BCUT2D eigenvalue weighted by Crippen LogP contribution is 2.29. The topological polar surface area (TPSA) is 55.6 Å². The molecule has 3 aromatic rings. The van der Waals surface area contributed by atoms with E-state index in [2.05, 4.69) is 15.1 Å². The van der Waals surface area contributed by atoms with Crippen molar-refractivity contribution in [2.45, 2.75) is 25.1 Å². The highest BCUT2D eigenvalue weighted by molar-refractivity contribution is 5.40. The molecule has 1 fully saturated rings. The first-order chi connectivity index (χ1) is 12.5. The number of halogens is 3. The molecule has 4 rings (SSSR count). The van der Waals surface area contributed by atoms with Crippen molar-refractivity contribution in [2.24, 2.45) is 0 Å². The minimum atomic E-state index is -4.44. The maximum Gasteiger partial charge on any atom is 0.433 e. The van der Waals surface area contributed by atoms with Crippen LogP contribution in [0, 0.1) is 0 Å². The fraction of sp³-hybridized carbons (Fsp3) is 0.353. The van der Waals surface area contributed by atoms with Gasteiger partial charge in [0.15, 0.2) is 5.65 Å². The summed E-state index contributed by atoms with van der Waals surface area (Å²) in [5.41, 5.74) is -0.167. The summed E-state index contributed by atoms with van der Waals surface area (Å²) >= 11 is 0. The summed E-state index contributed by atoms with van der Waals surface area (Å²) in [6, 6.07) is 7.51. The van der Waals surface area contributed by atoms with Crippen LogP contribution < -0.4 is 9.64 Å². The number of nitrogens with zero attached hydrogens (tertiary/aromatic N) is 5. The van der Waals surface area contributed by atoms with E-state index in [4.69, 9.17) is 4.74 Å². The zero-order valence-corrected chi connectivity index (χ0v) is 13.7. The molecule has 4 heterocycles. The first-order valence-corrected chi connectivity index (χ1v) is 8.25. The number of anilines is 1. The molecule has 0 unspecified atom stereocenters. The molecule has 6 nitrogen and oxygen atoms in total. The van der Waals surface area contributed by atoms with Crippen molar-refractivity contribution in [3.8, 4) is 5.88 Å². The van der Waals surface area contributed by atoms with Gasteiger partial charge in [-0.25, -0.2) is 9.50 Å². The van der Waals surface area contributed by atoms with E-state index >= 15 is 0 Å². The van der Waals surface area contributed by atoms with E-state index in [0.717, 1.165) is 6.07 Å². The van der Waals surface area contributed by atoms with Gasteiger partial charge in [0.2, 0.25) is 5.88 Å². The van der Waals surface area contributed by atoms with Crippen LogP contribution in [0.3, 0.4) is 0 Å². The molecule has 0 aliphatic carbocycles. The van der Waals surface area contributed by atoms with Crippen molar-refractivity contribution in [1.29, 1.82) is 0 Å². The molecule has 0 spiro atoms. The number of piperidine rings is 1. The first kappa shape index (κ1) is 16.6. The van der Waals surface area contributed by atoms with E-state index in [-0.39, 0.29) is 6.10 Å². The second-order valence-electron chi connectivity index (χ2n) is 6.08. The molecule has 136 valence electrons. The molecule has 1 aliphatic heterocycles. The summed E-state index contributed by atoms with van der Waals surface area (Å²) in [4.78, 5) is 9.97. The molecule has 9 heteroatoms. The fourth-order valence-electron chi connectivity index (χ4n) is 2.99. The lowest BCUT2D eigenvalue weighted by Gasteiger charge is -2.32. The van der Waals surface area contributed by atoms with E-state index in [1.807, 2.05) is 4.90 Å². The lowest BCUT2D eigenvalue weighted by Crippen LogP contribution is -2.39. The van der Waals surface area contributed by atoms with Gasteiger partial charge in [0, 0.05) is 44.3 Å². The smallest absolute Gasteiger partial charge is 0.433 e. The molecule has 26 heavy (non-hydrogen) atoms. The summed E-state index contributed by atoms with van der Waals surface area (Å²) < 4.78 is 46.0. The van der Waals surface area contributed by atoms with Crippen LogP contribution in [0.2, 0.25) is 0 Å². The van der Waals surface area contributed by atoms with Gasteiger partial charge in [0.1, 0.15) is 17.6 Å². The van der Waals surface area contributed by atoms with Crippen molar-refractivity contribution < 1.29 is 17.9 Å². The molecule has 0 radical (unpaired) electrons. The Bertz CT molecular complexity index is 903. The van der Waals surface area contributed by atoms with Crippen molar-refractivity contribution in [2.75, 3.05) is 18.0 Å². The van der Waals surface area contributed by atoms with Crippen molar-refractivity contribution in [1.82, 2.24) is 19.6 Å². The Labute approximate surface area is 147 Å². The number of ether oxygens (including phenoxy) is 1. The lowest BCUT2D eigenvalue weighted by molar-refractivity contribution is -0.141. The number of alkyl halides is 3. The van der Waals surface area contributed by atoms with Crippen LogP contribution in [0.1, 0.15) is 18.5 Å². The number of fused-ring (bicyclic) bond motifs is 1. The summed E-state index contributed by atoms with van der Waals surface area (Å²) in [5, 5.41) is 4.08. The third-order valence-corrected chi connectivity index (χ3v) is 4.31. The predicted octanol–water partition coefficient (Wildman–Crippen LogP) is 3.19. The number of hydrogen-bond acceptors (Lipinski definition) is 5. The number of pyridine rings is 1. The Morgan fingerprint density at radius 1 is 1.04 bits per heavy atom. The molecule has 0 N–H and O–H groups in total. The molecule has 3 aromatic heterocycles. The highest BCUT2D eigenvalue weighted by atomic mass is 19.4. The van der Waals surface area contributed by atoms with Crippen LogP contribution in [0.25, 0.3) is 5.65 Å². The maximum absolute atomic E-state index is 12.8. The zero-order chi connectivity index (χ0) is 18.1. The van der Waals surface area contributed by atoms with Gasteiger partial charge < -0.3 is 9.64 Å². The Kier molecular flexibility index (Phi) is 4.14. The molecular weight excluding hydrogens is 347 g/mol. The van der Waals surface area contributed by atoms with E-state index in [1.165, 1.54) is 6.07 Å². The number of rotatable bonds is 3. The van der Waals surface area contributed by atoms with Crippen LogP contribution in [-0.2, 0) is 6.18 Å². The molecule has 0 bridgehead atoms. The average molecular weight is 363 g/mol. The molecule has 0 saturated carbocycles. The third kappa shape index (κ3) is 3.42. The Morgan fingerprint density at radius 3 is 2.62 bits per heavy atom. The zero-order valence-electron chi connectivity index (χ0n) is 13.7. The first-order valence-electron chi connectivity index (χ1n) is 8.25. The minimum absolute atomic E-state index is 0.0325. The monoisotopic (exact) mass is 363 g/mol. The van der Waals surface area contributed by atoms with E-state index in [9.17, 15) is 13.2 Å². The van der Waals surface area contributed by atoms with Crippen LogP contribution in [-0.4, -0.2) is 38.8 Å². The van der Waals surface area contributed by atoms with Crippen LogP contribution in [0.5, 0.6) is 5.88 Å². The van der Waals surface area contributed by atoms with E-state index < -0.39 is 11.9 Å². The number of aromatic nitrogens is 4. The van der Waals surface area contributed by atoms with Gasteiger partial charge in [0.25, 0.3) is 0 Å². The molecule has 0 atom stereocenters. The van der Waals surface area contributed by atoms with Crippen molar-refractivity contribution in [3.05, 3.63) is 48.4 Å². The summed E-state index contributed by atoms with van der Waals surface area (Å²) in [5.74, 6) is 0.866. The second kappa shape index (κ2) is 6.47. The van der Waals surface area contributed by atoms with Gasteiger partial charge in [0.05, 0.1) is 6.20 Å².